The fourth-order valence-electron chi connectivity index (χ4n) is 2.76. The van der Waals surface area contributed by atoms with Gasteiger partial charge in [0.05, 0.1) is 0 Å². The van der Waals surface area contributed by atoms with Crippen LogP contribution in [0.5, 0.6) is 0 Å². The van der Waals surface area contributed by atoms with Crippen LogP contribution in [0.3, 0.4) is 0 Å². The molecule has 0 spiro atoms. The van der Waals surface area contributed by atoms with Gasteiger partial charge in [0.1, 0.15) is 5.78 Å². The van der Waals surface area contributed by atoms with Crippen molar-refractivity contribution in [3.05, 3.63) is 35.9 Å². The summed E-state index contributed by atoms with van der Waals surface area (Å²) in [7, 11) is 0. The van der Waals surface area contributed by atoms with Crippen LogP contribution in [0.4, 0.5) is 0 Å². The molecule has 1 unspecified atom stereocenters. The molecule has 1 nitrogen and oxygen atoms in total. The van der Waals surface area contributed by atoms with E-state index in [4.69, 9.17) is 0 Å². The topological polar surface area (TPSA) is 17.1 Å². The molecule has 1 atom stereocenters. The standard InChI is InChI=1S/C17H26O/c1-5-9-16(18)17(4,12-14(2)3)13-15-10-7-6-8-11-15/h6-8,10-11,14H,5,9,12-13H2,1-4H3. The smallest absolute Gasteiger partial charge is 0.139 e. The molecule has 100 valence electrons. The van der Waals surface area contributed by atoms with Crippen molar-refractivity contribution in [3.63, 3.8) is 0 Å². The molecule has 0 aromatic heterocycles. The largest absolute Gasteiger partial charge is 0.299 e. The molecule has 0 amide bonds. The maximum atomic E-state index is 12.4. The summed E-state index contributed by atoms with van der Waals surface area (Å²) in [5.74, 6) is 0.974. The SMILES string of the molecule is CCCC(=O)C(C)(Cc1ccccc1)CC(C)C. The zero-order chi connectivity index (χ0) is 13.6. The third kappa shape index (κ3) is 4.29. The molecule has 0 aliphatic heterocycles. The van der Waals surface area contributed by atoms with Crippen LogP contribution < -0.4 is 0 Å². The molecule has 0 N–H and O–H groups in total. The minimum atomic E-state index is -0.203. The molecule has 1 aromatic carbocycles. The maximum Gasteiger partial charge on any atom is 0.139 e. The van der Waals surface area contributed by atoms with E-state index in [1.54, 1.807) is 0 Å². The predicted molar refractivity (Wildman–Crippen MR) is 77.6 cm³/mol. The first-order valence-electron chi connectivity index (χ1n) is 7.05. The fraction of sp³-hybridized carbons (Fsp3) is 0.588. The van der Waals surface area contributed by atoms with E-state index in [9.17, 15) is 4.79 Å². The van der Waals surface area contributed by atoms with Gasteiger partial charge in [-0.05, 0) is 30.7 Å². The van der Waals surface area contributed by atoms with Crippen LogP contribution in [-0.2, 0) is 11.2 Å². The lowest BCUT2D eigenvalue weighted by atomic mass is 9.73. The lowest BCUT2D eigenvalue weighted by molar-refractivity contribution is -0.128. The quantitative estimate of drug-likeness (QED) is 0.684. The number of hydrogen-bond donors (Lipinski definition) is 0. The summed E-state index contributed by atoms with van der Waals surface area (Å²) in [5.41, 5.74) is 1.07. The summed E-state index contributed by atoms with van der Waals surface area (Å²) in [4.78, 5) is 12.4. The molecule has 0 saturated heterocycles. The number of benzene rings is 1. The number of carbonyl (C=O) groups is 1. The molecular weight excluding hydrogens is 220 g/mol. The van der Waals surface area contributed by atoms with Gasteiger partial charge in [-0.25, -0.2) is 0 Å². The molecule has 18 heavy (non-hydrogen) atoms. The van der Waals surface area contributed by atoms with Crippen LogP contribution in [0.2, 0.25) is 0 Å². The highest BCUT2D eigenvalue weighted by molar-refractivity contribution is 5.84. The molecule has 0 aliphatic carbocycles. The average molecular weight is 246 g/mol. The van der Waals surface area contributed by atoms with E-state index >= 15 is 0 Å². The molecule has 1 rings (SSSR count). The van der Waals surface area contributed by atoms with Gasteiger partial charge in [-0.2, -0.15) is 0 Å². The summed E-state index contributed by atoms with van der Waals surface area (Å²) in [6.07, 6.45) is 3.49. The minimum absolute atomic E-state index is 0.203. The van der Waals surface area contributed by atoms with Gasteiger partial charge in [0.25, 0.3) is 0 Å². The predicted octanol–water partition coefficient (Wildman–Crippen LogP) is 4.65. The molecule has 0 bridgehead atoms. The zero-order valence-corrected chi connectivity index (χ0v) is 12.2. The molecule has 0 saturated carbocycles. The first kappa shape index (κ1) is 14.9. The normalized spacial score (nSPS) is 14.5. The summed E-state index contributed by atoms with van der Waals surface area (Å²) in [6.45, 7) is 8.61. The highest BCUT2D eigenvalue weighted by Gasteiger charge is 2.32. The Hall–Kier alpha value is -1.11. The molecule has 1 heteroatoms. The van der Waals surface area contributed by atoms with Gasteiger partial charge in [-0.1, -0.05) is 58.0 Å². The lowest BCUT2D eigenvalue weighted by Crippen LogP contribution is -2.31. The Morgan fingerprint density at radius 2 is 1.83 bits per heavy atom. The van der Waals surface area contributed by atoms with Gasteiger partial charge in [0.2, 0.25) is 0 Å². The van der Waals surface area contributed by atoms with Crippen molar-refractivity contribution in [3.8, 4) is 0 Å². The number of hydrogen-bond acceptors (Lipinski definition) is 1. The van der Waals surface area contributed by atoms with E-state index in [-0.39, 0.29) is 5.41 Å². The van der Waals surface area contributed by atoms with Gasteiger partial charge in [-0.15, -0.1) is 0 Å². The molecule has 0 heterocycles. The second-order valence-corrected chi connectivity index (χ2v) is 5.99. The molecule has 0 radical (unpaired) electrons. The van der Waals surface area contributed by atoms with Crippen LogP contribution in [-0.4, -0.2) is 5.78 Å². The van der Waals surface area contributed by atoms with Crippen molar-refractivity contribution >= 4 is 5.78 Å². The van der Waals surface area contributed by atoms with Crippen molar-refractivity contribution in [1.82, 2.24) is 0 Å². The summed E-state index contributed by atoms with van der Waals surface area (Å²) < 4.78 is 0. The molecule has 0 aliphatic rings. The second kappa shape index (κ2) is 6.72. The second-order valence-electron chi connectivity index (χ2n) is 5.99. The Balaban J connectivity index is 2.87. The van der Waals surface area contributed by atoms with Crippen LogP contribution in [0.15, 0.2) is 30.3 Å². The highest BCUT2D eigenvalue weighted by Crippen LogP contribution is 2.33. The number of Topliss-reactive ketones (excluding diaryl/α,β-unsaturated/α-hetero) is 1. The van der Waals surface area contributed by atoms with E-state index in [0.717, 1.165) is 19.3 Å². The van der Waals surface area contributed by atoms with Gasteiger partial charge in [-0.3, -0.25) is 4.79 Å². The van der Waals surface area contributed by atoms with Crippen molar-refractivity contribution in [2.24, 2.45) is 11.3 Å². The van der Waals surface area contributed by atoms with E-state index in [2.05, 4.69) is 52.0 Å². The van der Waals surface area contributed by atoms with Gasteiger partial charge in [0.15, 0.2) is 0 Å². The van der Waals surface area contributed by atoms with Gasteiger partial charge < -0.3 is 0 Å². The number of rotatable bonds is 7. The van der Waals surface area contributed by atoms with Crippen LogP contribution in [0.1, 0.15) is 52.5 Å². The first-order chi connectivity index (χ1) is 8.48. The average Bonchev–Trinajstić information content (AvgIpc) is 2.29. The monoisotopic (exact) mass is 246 g/mol. The molecular formula is C17H26O. The Kier molecular flexibility index (Phi) is 5.58. The summed E-state index contributed by atoms with van der Waals surface area (Å²) in [6, 6.07) is 10.4. The first-order valence-corrected chi connectivity index (χ1v) is 7.05. The van der Waals surface area contributed by atoms with Crippen LogP contribution >= 0.6 is 0 Å². The van der Waals surface area contributed by atoms with Crippen molar-refractivity contribution in [1.29, 1.82) is 0 Å². The van der Waals surface area contributed by atoms with Crippen LogP contribution in [0.25, 0.3) is 0 Å². The highest BCUT2D eigenvalue weighted by atomic mass is 16.1. The third-order valence-corrected chi connectivity index (χ3v) is 3.45. The summed E-state index contributed by atoms with van der Waals surface area (Å²) >= 11 is 0. The van der Waals surface area contributed by atoms with Crippen molar-refractivity contribution < 1.29 is 4.79 Å². The maximum absolute atomic E-state index is 12.4. The Labute approximate surface area is 112 Å². The van der Waals surface area contributed by atoms with E-state index < -0.39 is 0 Å². The van der Waals surface area contributed by atoms with E-state index in [1.165, 1.54) is 5.56 Å². The zero-order valence-electron chi connectivity index (χ0n) is 12.2. The van der Waals surface area contributed by atoms with Crippen LogP contribution in [0, 0.1) is 11.3 Å². The third-order valence-electron chi connectivity index (χ3n) is 3.45. The Morgan fingerprint density at radius 1 is 1.22 bits per heavy atom. The minimum Gasteiger partial charge on any atom is -0.299 e. The van der Waals surface area contributed by atoms with Crippen molar-refractivity contribution in [2.45, 2.75) is 53.4 Å². The van der Waals surface area contributed by atoms with E-state index in [0.29, 0.717) is 18.1 Å². The number of ketones is 1. The van der Waals surface area contributed by atoms with E-state index in [1.807, 2.05) is 6.07 Å². The fourth-order valence-corrected chi connectivity index (χ4v) is 2.76. The lowest BCUT2D eigenvalue weighted by Gasteiger charge is -2.30. The summed E-state index contributed by atoms with van der Waals surface area (Å²) in [5, 5.41) is 0. The van der Waals surface area contributed by atoms with Gasteiger partial charge >= 0.3 is 0 Å². The number of carbonyl (C=O) groups excluding carboxylic acids is 1. The molecule has 1 aromatic rings. The van der Waals surface area contributed by atoms with Crippen molar-refractivity contribution in [2.75, 3.05) is 0 Å². The Morgan fingerprint density at radius 3 is 2.33 bits per heavy atom. The Bertz CT molecular complexity index is 366. The molecule has 0 fully saturated rings. The van der Waals surface area contributed by atoms with Gasteiger partial charge in [0, 0.05) is 11.8 Å².